The minimum Gasteiger partial charge on any atom is -0.493 e. The minimum absolute atomic E-state index is 0.697. The molecule has 0 saturated heterocycles. The van der Waals surface area contributed by atoms with Crippen molar-refractivity contribution in [3.63, 3.8) is 0 Å². The topological polar surface area (TPSA) is 44.5 Å². The summed E-state index contributed by atoms with van der Waals surface area (Å²) in [5.74, 6) is 2.35. The molecule has 4 rings (SSSR count). The molecule has 0 aliphatic carbocycles. The van der Waals surface area contributed by atoms with E-state index < -0.39 is 0 Å². The smallest absolute Gasteiger partial charge is 0.167 e. The largest absolute Gasteiger partial charge is 0.493 e. The van der Waals surface area contributed by atoms with Crippen LogP contribution in [-0.2, 0) is 6.42 Å². The maximum absolute atomic E-state index is 5.63. The fraction of sp³-hybridized carbons (Fsp3) is 0.211. The molecule has 0 spiro atoms. The third kappa shape index (κ3) is 2.46. The SMILES string of the molecule is COc1cc(-c2cc(-c3ccc(C)cc3)on2)cc2c1OCC2. The molecule has 0 saturated carbocycles. The summed E-state index contributed by atoms with van der Waals surface area (Å²) in [7, 11) is 1.65. The zero-order valence-electron chi connectivity index (χ0n) is 13.1. The third-order valence-electron chi connectivity index (χ3n) is 4.11. The van der Waals surface area contributed by atoms with E-state index in [1.165, 1.54) is 5.56 Å². The molecule has 116 valence electrons. The maximum Gasteiger partial charge on any atom is 0.167 e. The van der Waals surface area contributed by atoms with E-state index in [0.717, 1.165) is 46.1 Å². The summed E-state index contributed by atoms with van der Waals surface area (Å²) in [5.41, 5.74) is 5.17. The molecule has 0 N–H and O–H groups in total. The molecular formula is C19H17NO3. The Hall–Kier alpha value is -2.75. The summed E-state index contributed by atoms with van der Waals surface area (Å²) in [4.78, 5) is 0. The Morgan fingerprint density at radius 1 is 1.04 bits per heavy atom. The molecule has 0 bridgehead atoms. The highest BCUT2D eigenvalue weighted by Crippen LogP contribution is 2.39. The van der Waals surface area contributed by atoms with E-state index in [2.05, 4.69) is 30.3 Å². The summed E-state index contributed by atoms with van der Waals surface area (Å²) in [6.07, 6.45) is 0.891. The van der Waals surface area contributed by atoms with Gasteiger partial charge in [-0.05, 0) is 19.1 Å². The predicted octanol–water partition coefficient (Wildman–Crippen LogP) is 4.26. The van der Waals surface area contributed by atoms with Crippen molar-refractivity contribution in [2.75, 3.05) is 13.7 Å². The molecule has 23 heavy (non-hydrogen) atoms. The Morgan fingerprint density at radius 2 is 1.87 bits per heavy atom. The van der Waals surface area contributed by atoms with Gasteiger partial charge in [-0.2, -0.15) is 0 Å². The van der Waals surface area contributed by atoms with Crippen LogP contribution in [0.4, 0.5) is 0 Å². The van der Waals surface area contributed by atoms with Gasteiger partial charge in [-0.15, -0.1) is 0 Å². The van der Waals surface area contributed by atoms with Crippen LogP contribution in [0.5, 0.6) is 11.5 Å². The number of nitrogens with zero attached hydrogens (tertiary/aromatic N) is 1. The number of hydrogen-bond donors (Lipinski definition) is 0. The van der Waals surface area contributed by atoms with E-state index in [0.29, 0.717) is 6.61 Å². The number of benzene rings is 2. The first-order valence-corrected chi connectivity index (χ1v) is 7.62. The van der Waals surface area contributed by atoms with Gasteiger partial charge in [0.25, 0.3) is 0 Å². The lowest BCUT2D eigenvalue weighted by Crippen LogP contribution is -1.91. The van der Waals surface area contributed by atoms with Crippen LogP contribution in [0.3, 0.4) is 0 Å². The molecule has 1 aromatic heterocycles. The summed E-state index contributed by atoms with van der Waals surface area (Å²) < 4.78 is 16.6. The van der Waals surface area contributed by atoms with Crippen LogP contribution < -0.4 is 9.47 Å². The van der Waals surface area contributed by atoms with Crippen LogP contribution in [0.25, 0.3) is 22.6 Å². The molecule has 0 atom stereocenters. The van der Waals surface area contributed by atoms with Crippen molar-refractivity contribution in [2.45, 2.75) is 13.3 Å². The summed E-state index contributed by atoms with van der Waals surface area (Å²) in [6.45, 7) is 2.76. The number of methoxy groups -OCH3 is 1. The van der Waals surface area contributed by atoms with Crippen LogP contribution in [0.15, 0.2) is 47.0 Å². The van der Waals surface area contributed by atoms with E-state index in [4.69, 9.17) is 14.0 Å². The molecule has 0 unspecified atom stereocenters. The fourth-order valence-corrected chi connectivity index (χ4v) is 2.84. The van der Waals surface area contributed by atoms with Crippen LogP contribution in [0, 0.1) is 6.92 Å². The maximum atomic E-state index is 5.63. The molecule has 0 fully saturated rings. The highest BCUT2D eigenvalue weighted by atomic mass is 16.5. The van der Waals surface area contributed by atoms with Crippen molar-refractivity contribution in [3.05, 3.63) is 53.6 Å². The standard InChI is InChI=1S/C19H17NO3/c1-12-3-5-13(6-4-12)17-11-16(20-23-17)15-9-14-7-8-22-19(14)18(10-15)21-2/h3-6,9-11H,7-8H2,1-2H3. The van der Waals surface area contributed by atoms with Crippen molar-refractivity contribution in [1.82, 2.24) is 5.16 Å². The number of aromatic nitrogens is 1. The summed E-state index contributed by atoms with van der Waals surface area (Å²) in [5, 5.41) is 4.21. The zero-order chi connectivity index (χ0) is 15.8. The fourth-order valence-electron chi connectivity index (χ4n) is 2.84. The molecule has 0 amide bonds. The third-order valence-corrected chi connectivity index (χ3v) is 4.11. The number of fused-ring (bicyclic) bond motifs is 1. The number of hydrogen-bond acceptors (Lipinski definition) is 4. The Bertz CT molecular complexity index is 850. The van der Waals surface area contributed by atoms with Crippen LogP contribution in [0.1, 0.15) is 11.1 Å². The second-order valence-corrected chi connectivity index (χ2v) is 5.71. The van der Waals surface area contributed by atoms with Gasteiger partial charge in [0, 0.05) is 29.2 Å². The average Bonchev–Trinajstić information content (AvgIpc) is 3.23. The Morgan fingerprint density at radius 3 is 2.65 bits per heavy atom. The highest BCUT2D eigenvalue weighted by Gasteiger charge is 2.20. The normalized spacial score (nSPS) is 12.8. The van der Waals surface area contributed by atoms with Crippen LogP contribution >= 0.6 is 0 Å². The Labute approximate surface area is 134 Å². The molecule has 2 heterocycles. The molecule has 0 radical (unpaired) electrons. The molecule has 4 nitrogen and oxygen atoms in total. The lowest BCUT2D eigenvalue weighted by Gasteiger charge is -2.08. The van der Waals surface area contributed by atoms with E-state index in [1.54, 1.807) is 7.11 Å². The van der Waals surface area contributed by atoms with Crippen molar-refractivity contribution < 1.29 is 14.0 Å². The Kier molecular flexibility index (Phi) is 3.30. The second-order valence-electron chi connectivity index (χ2n) is 5.71. The molecule has 3 aromatic rings. The molecule has 2 aromatic carbocycles. The first-order valence-electron chi connectivity index (χ1n) is 7.62. The molecule has 4 heteroatoms. The number of rotatable bonds is 3. The minimum atomic E-state index is 0.697. The van der Waals surface area contributed by atoms with E-state index in [-0.39, 0.29) is 0 Å². The molecule has 1 aliphatic rings. The van der Waals surface area contributed by atoms with Gasteiger partial charge >= 0.3 is 0 Å². The van der Waals surface area contributed by atoms with Gasteiger partial charge in [-0.25, -0.2) is 0 Å². The van der Waals surface area contributed by atoms with E-state index in [1.807, 2.05) is 24.3 Å². The van der Waals surface area contributed by atoms with Gasteiger partial charge in [-0.3, -0.25) is 0 Å². The monoisotopic (exact) mass is 307 g/mol. The van der Waals surface area contributed by atoms with Gasteiger partial charge in [0.1, 0.15) is 5.69 Å². The van der Waals surface area contributed by atoms with Gasteiger partial charge in [0.05, 0.1) is 13.7 Å². The van der Waals surface area contributed by atoms with Gasteiger partial charge < -0.3 is 14.0 Å². The quantitative estimate of drug-likeness (QED) is 0.725. The lowest BCUT2D eigenvalue weighted by molar-refractivity contribution is 0.326. The predicted molar refractivity (Wildman–Crippen MR) is 87.9 cm³/mol. The lowest BCUT2D eigenvalue weighted by atomic mass is 10.0. The first kappa shape index (κ1) is 13.9. The van der Waals surface area contributed by atoms with Crippen LogP contribution in [-0.4, -0.2) is 18.9 Å². The molecular weight excluding hydrogens is 290 g/mol. The summed E-state index contributed by atoms with van der Waals surface area (Å²) >= 11 is 0. The van der Waals surface area contributed by atoms with Gasteiger partial charge in [0.2, 0.25) is 0 Å². The van der Waals surface area contributed by atoms with Crippen LogP contribution in [0.2, 0.25) is 0 Å². The highest BCUT2D eigenvalue weighted by molar-refractivity contribution is 5.70. The second kappa shape index (κ2) is 5.47. The van der Waals surface area contributed by atoms with Crippen molar-refractivity contribution in [1.29, 1.82) is 0 Å². The Balaban J connectivity index is 1.73. The first-order chi connectivity index (χ1) is 11.2. The van der Waals surface area contributed by atoms with Gasteiger partial charge in [0.15, 0.2) is 17.3 Å². The van der Waals surface area contributed by atoms with E-state index >= 15 is 0 Å². The number of aryl methyl sites for hydroxylation is 1. The number of ether oxygens (including phenoxy) is 2. The summed E-state index contributed by atoms with van der Waals surface area (Å²) in [6, 6.07) is 14.2. The molecule has 1 aliphatic heterocycles. The van der Waals surface area contributed by atoms with Crippen molar-refractivity contribution in [2.24, 2.45) is 0 Å². The van der Waals surface area contributed by atoms with Crippen molar-refractivity contribution >= 4 is 0 Å². The zero-order valence-corrected chi connectivity index (χ0v) is 13.1. The van der Waals surface area contributed by atoms with Gasteiger partial charge in [-0.1, -0.05) is 35.0 Å². The average molecular weight is 307 g/mol. The van der Waals surface area contributed by atoms with Crippen molar-refractivity contribution in [3.8, 4) is 34.1 Å². The van der Waals surface area contributed by atoms with E-state index in [9.17, 15) is 0 Å².